The molecule has 1 saturated heterocycles. The van der Waals surface area contributed by atoms with Gasteiger partial charge in [-0.05, 0) is 48.6 Å². The number of nitrogens with zero attached hydrogens (tertiary/aromatic N) is 1. The highest BCUT2D eigenvalue weighted by molar-refractivity contribution is 7.09. The van der Waals surface area contributed by atoms with Crippen LogP contribution in [-0.2, 0) is 16.1 Å². The molecule has 1 aliphatic heterocycles. The van der Waals surface area contributed by atoms with Gasteiger partial charge in [-0.2, -0.15) is 0 Å². The largest absolute Gasteiger partial charge is 0.484 e. The number of rotatable bonds is 9. The van der Waals surface area contributed by atoms with Gasteiger partial charge in [-0.1, -0.05) is 13.0 Å². The van der Waals surface area contributed by atoms with Crippen LogP contribution in [0.15, 0.2) is 41.8 Å². The van der Waals surface area contributed by atoms with Crippen molar-refractivity contribution in [2.24, 2.45) is 0 Å². The van der Waals surface area contributed by atoms with E-state index in [1.807, 2.05) is 29.3 Å². The second kappa shape index (κ2) is 9.67. The van der Waals surface area contributed by atoms with Crippen molar-refractivity contribution in [3.8, 4) is 5.75 Å². The highest BCUT2D eigenvalue weighted by atomic mass is 32.1. The van der Waals surface area contributed by atoms with Gasteiger partial charge in [0.2, 0.25) is 0 Å². The Morgan fingerprint density at radius 1 is 1.26 bits per heavy atom. The van der Waals surface area contributed by atoms with Crippen LogP contribution in [0.2, 0.25) is 0 Å². The Bertz CT molecular complexity index is 736. The second-order valence-corrected chi connectivity index (χ2v) is 7.61. The van der Waals surface area contributed by atoms with Gasteiger partial charge in [0, 0.05) is 30.0 Å². The van der Waals surface area contributed by atoms with E-state index in [1.54, 1.807) is 35.6 Å². The lowest BCUT2D eigenvalue weighted by Crippen LogP contribution is -2.39. The zero-order chi connectivity index (χ0) is 19.1. The monoisotopic (exact) mass is 387 g/mol. The average Bonchev–Trinajstić information content (AvgIpc) is 3.39. The molecule has 1 aliphatic rings. The standard InChI is InChI=1S/C21H25NO4S/c1-2-20(23)16-7-9-17(10-8-16)26-15-21(24)22(13-18-5-3-11-25-18)14-19-6-4-12-27-19/h4,6-10,12,18H,2-3,5,11,13-15H2,1H3. The normalized spacial score (nSPS) is 16.3. The molecule has 0 bridgehead atoms. The molecule has 2 heterocycles. The maximum absolute atomic E-state index is 12.7. The molecule has 6 heteroatoms. The minimum absolute atomic E-state index is 0.0286. The van der Waals surface area contributed by atoms with Gasteiger partial charge in [0.15, 0.2) is 12.4 Å². The predicted octanol–water partition coefficient (Wildman–Crippen LogP) is 3.93. The molecular weight excluding hydrogens is 362 g/mol. The van der Waals surface area contributed by atoms with E-state index in [-0.39, 0.29) is 24.4 Å². The number of thiophene rings is 1. The van der Waals surface area contributed by atoms with Crippen molar-refractivity contribution < 1.29 is 19.1 Å². The molecule has 1 atom stereocenters. The molecule has 5 nitrogen and oxygen atoms in total. The second-order valence-electron chi connectivity index (χ2n) is 6.58. The Balaban J connectivity index is 1.58. The molecule has 1 amide bonds. The van der Waals surface area contributed by atoms with Gasteiger partial charge in [-0.3, -0.25) is 9.59 Å². The van der Waals surface area contributed by atoms with Crippen LogP contribution in [-0.4, -0.2) is 42.5 Å². The summed E-state index contributed by atoms with van der Waals surface area (Å²) in [6.45, 7) is 3.74. The fourth-order valence-corrected chi connectivity index (χ4v) is 3.78. The fraction of sp³-hybridized carbons (Fsp3) is 0.429. The predicted molar refractivity (Wildman–Crippen MR) is 105 cm³/mol. The minimum atomic E-state index is -0.0624. The van der Waals surface area contributed by atoms with Crippen molar-refractivity contribution in [2.45, 2.75) is 38.8 Å². The lowest BCUT2D eigenvalue weighted by atomic mass is 10.1. The molecule has 0 spiro atoms. The highest BCUT2D eigenvalue weighted by Gasteiger charge is 2.23. The lowest BCUT2D eigenvalue weighted by Gasteiger charge is -2.25. The van der Waals surface area contributed by atoms with Gasteiger partial charge in [-0.15, -0.1) is 11.3 Å². The number of carbonyl (C=O) groups is 2. The van der Waals surface area contributed by atoms with Crippen LogP contribution in [0.25, 0.3) is 0 Å². The number of hydrogen-bond acceptors (Lipinski definition) is 5. The van der Waals surface area contributed by atoms with Gasteiger partial charge in [-0.25, -0.2) is 0 Å². The SMILES string of the molecule is CCC(=O)c1ccc(OCC(=O)N(Cc2cccs2)CC2CCCO2)cc1. The van der Waals surface area contributed by atoms with E-state index >= 15 is 0 Å². The first-order valence-corrected chi connectivity index (χ1v) is 10.2. The van der Waals surface area contributed by atoms with Gasteiger partial charge in [0.1, 0.15) is 5.75 Å². The molecule has 1 aromatic carbocycles. The van der Waals surface area contributed by atoms with Crippen LogP contribution in [0.4, 0.5) is 0 Å². The molecular formula is C21H25NO4S. The number of carbonyl (C=O) groups excluding carboxylic acids is 2. The van der Waals surface area contributed by atoms with Crippen molar-refractivity contribution in [1.82, 2.24) is 4.90 Å². The summed E-state index contributed by atoms with van der Waals surface area (Å²) >= 11 is 1.64. The quantitative estimate of drug-likeness (QED) is 0.612. The third kappa shape index (κ3) is 5.65. The summed E-state index contributed by atoms with van der Waals surface area (Å²) in [5, 5.41) is 2.01. The van der Waals surface area contributed by atoms with Crippen molar-refractivity contribution in [1.29, 1.82) is 0 Å². The molecule has 0 aliphatic carbocycles. The van der Waals surface area contributed by atoms with Crippen molar-refractivity contribution in [2.75, 3.05) is 19.8 Å². The van der Waals surface area contributed by atoms with E-state index in [0.717, 1.165) is 24.3 Å². The van der Waals surface area contributed by atoms with Crippen molar-refractivity contribution in [3.63, 3.8) is 0 Å². The van der Waals surface area contributed by atoms with Crippen molar-refractivity contribution in [3.05, 3.63) is 52.2 Å². The first-order valence-electron chi connectivity index (χ1n) is 9.33. The van der Waals surface area contributed by atoms with E-state index in [1.165, 1.54) is 0 Å². The van der Waals surface area contributed by atoms with E-state index in [0.29, 0.717) is 30.8 Å². The lowest BCUT2D eigenvalue weighted by molar-refractivity contribution is -0.135. The molecule has 1 aromatic heterocycles. The van der Waals surface area contributed by atoms with Gasteiger partial charge >= 0.3 is 0 Å². The smallest absolute Gasteiger partial charge is 0.260 e. The molecule has 1 unspecified atom stereocenters. The Morgan fingerprint density at radius 3 is 2.70 bits per heavy atom. The fourth-order valence-electron chi connectivity index (χ4n) is 3.06. The first kappa shape index (κ1) is 19.6. The Kier molecular flexibility index (Phi) is 7.01. The topological polar surface area (TPSA) is 55.8 Å². The van der Waals surface area contributed by atoms with Crippen LogP contribution < -0.4 is 4.74 Å². The number of amides is 1. The third-order valence-corrected chi connectivity index (χ3v) is 5.45. The average molecular weight is 388 g/mol. The minimum Gasteiger partial charge on any atom is -0.484 e. The van der Waals surface area contributed by atoms with E-state index in [4.69, 9.17) is 9.47 Å². The van der Waals surface area contributed by atoms with Crippen LogP contribution in [0.3, 0.4) is 0 Å². The van der Waals surface area contributed by atoms with Crippen LogP contribution in [0.1, 0.15) is 41.4 Å². The summed E-state index contributed by atoms with van der Waals surface area (Å²) in [6.07, 6.45) is 2.61. The summed E-state index contributed by atoms with van der Waals surface area (Å²) in [5.41, 5.74) is 0.661. The van der Waals surface area contributed by atoms with E-state index in [9.17, 15) is 9.59 Å². The van der Waals surface area contributed by atoms with Gasteiger partial charge in [0.05, 0.1) is 12.6 Å². The summed E-state index contributed by atoms with van der Waals surface area (Å²) in [5.74, 6) is 0.619. The summed E-state index contributed by atoms with van der Waals surface area (Å²) in [7, 11) is 0. The zero-order valence-electron chi connectivity index (χ0n) is 15.6. The summed E-state index contributed by atoms with van der Waals surface area (Å²) < 4.78 is 11.4. The Morgan fingerprint density at radius 2 is 2.07 bits per heavy atom. The summed E-state index contributed by atoms with van der Waals surface area (Å²) in [6, 6.07) is 11.0. The van der Waals surface area contributed by atoms with E-state index < -0.39 is 0 Å². The number of Topliss-reactive ketones (excluding diaryl/α,β-unsaturated/α-hetero) is 1. The van der Waals surface area contributed by atoms with E-state index in [2.05, 4.69) is 0 Å². The molecule has 0 saturated carbocycles. The Hall–Kier alpha value is -2.18. The van der Waals surface area contributed by atoms with Crippen molar-refractivity contribution >= 4 is 23.0 Å². The van der Waals surface area contributed by atoms with Gasteiger partial charge in [0.25, 0.3) is 5.91 Å². The molecule has 0 radical (unpaired) electrons. The molecule has 144 valence electrons. The molecule has 1 fully saturated rings. The van der Waals surface area contributed by atoms with Crippen LogP contribution in [0.5, 0.6) is 5.75 Å². The van der Waals surface area contributed by atoms with Crippen LogP contribution >= 0.6 is 11.3 Å². The third-order valence-electron chi connectivity index (χ3n) is 4.59. The number of ether oxygens (including phenoxy) is 2. The zero-order valence-corrected chi connectivity index (χ0v) is 16.4. The molecule has 3 rings (SSSR count). The highest BCUT2D eigenvalue weighted by Crippen LogP contribution is 2.18. The maximum Gasteiger partial charge on any atom is 0.260 e. The number of ketones is 1. The maximum atomic E-state index is 12.7. The first-order chi connectivity index (χ1) is 13.2. The number of benzene rings is 1. The Labute approximate surface area is 163 Å². The molecule has 27 heavy (non-hydrogen) atoms. The van der Waals surface area contributed by atoms with Crippen LogP contribution in [0, 0.1) is 0 Å². The van der Waals surface area contributed by atoms with Gasteiger partial charge < -0.3 is 14.4 Å². The molecule has 0 N–H and O–H groups in total. The molecule has 2 aromatic rings. The number of hydrogen-bond donors (Lipinski definition) is 0. The summed E-state index contributed by atoms with van der Waals surface area (Å²) in [4.78, 5) is 27.4.